The average molecular weight is 369 g/mol. The van der Waals surface area contributed by atoms with Crippen LogP contribution < -0.4 is 15.4 Å². The van der Waals surface area contributed by atoms with E-state index >= 15 is 0 Å². The number of nitrogens with zero attached hydrogens (tertiary/aromatic N) is 2. The number of benzene rings is 2. The number of aryl methyl sites for hydroxylation is 1. The molecule has 6 heteroatoms. The van der Waals surface area contributed by atoms with Crippen LogP contribution in [0.4, 0.5) is 17.5 Å². The first-order chi connectivity index (χ1) is 12.7. The molecule has 3 rings (SSSR count). The molecule has 2 aromatic carbocycles. The summed E-state index contributed by atoms with van der Waals surface area (Å²) in [6.45, 7) is 2.71. The van der Waals surface area contributed by atoms with Crippen LogP contribution in [0.3, 0.4) is 0 Å². The number of anilines is 3. The van der Waals surface area contributed by atoms with E-state index in [2.05, 4.69) is 26.7 Å². The first kappa shape index (κ1) is 18.0. The van der Waals surface area contributed by atoms with Gasteiger partial charge in [-0.2, -0.15) is 4.98 Å². The van der Waals surface area contributed by atoms with Gasteiger partial charge in [-0.3, -0.25) is 0 Å². The molecule has 0 amide bonds. The lowest BCUT2D eigenvalue weighted by atomic mass is 10.1. The van der Waals surface area contributed by atoms with E-state index in [0.717, 1.165) is 41.3 Å². The van der Waals surface area contributed by atoms with Crippen LogP contribution in [0.5, 0.6) is 5.75 Å². The van der Waals surface area contributed by atoms with Gasteiger partial charge >= 0.3 is 0 Å². The summed E-state index contributed by atoms with van der Waals surface area (Å²) >= 11 is 6.16. The van der Waals surface area contributed by atoms with Crippen molar-refractivity contribution in [2.45, 2.75) is 13.3 Å². The van der Waals surface area contributed by atoms with Crippen molar-refractivity contribution in [2.24, 2.45) is 0 Å². The molecule has 1 heterocycles. The highest BCUT2D eigenvalue weighted by atomic mass is 35.5. The minimum absolute atomic E-state index is 0.521. The number of nitrogens with one attached hydrogen (secondary N) is 2. The van der Waals surface area contributed by atoms with Gasteiger partial charge in [-0.05, 0) is 48.7 Å². The first-order valence-electron chi connectivity index (χ1n) is 8.37. The quantitative estimate of drug-likeness (QED) is 0.624. The fraction of sp³-hybridized carbons (Fsp3) is 0.200. The summed E-state index contributed by atoms with van der Waals surface area (Å²) in [7, 11) is 1.69. The van der Waals surface area contributed by atoms with E-state index in [1.807, 2.05) is 49.4 Å². The second kappa shape index (κ2) is 8.54. The Kier molecular flexibility index (Phi) is 5.92. The van der Waals surface area contributed by atoms with Gasteiger partial charge in [-0.25, -0.2) is 4.98 Å². The first-order valence-corrected chi connectivity index (χ1v) is 8.75. The molecular weight excluding hydrogens is 348 g/mol. The molecule has 0 bridgehead atoms. The average Bonchev–Trinajstić information content (AvgIpc) is 2.65. The molecule has 0 spiro atoms. The summed E-state index contributed by atoms with van der Waals surface area (Å²) < 4.78 is 5.38. The Morgan fingerprint density at radius 1 is 1.12 bits per heavy atom. The molecule has 0 aliphatic heterocycles. The third-order valence-corrected chi connectivity index (χ3v) is 4.38. The molecule has 5 nitrogen and oxygen atoms in total. The van der Waals surface area contributed by atoms with Crippen LogP contribution in [0, 0.1) is 6.92 Å². The van der Waals surface area contributed by atoms with E-state index < -0.39 is 0 Å². The van der Waals surface area contributed by atoms with Crippen LogP contribution >= 0.6 is 11.6 Å². The van der Waals surface area contributed by atoms with Crippen molar-refractivity contribution in [1.82, 2.24) is 9.97 Å². The van der Waals surface area contributed by atoms with Gasteiger partial charge in [-0.15, -0.1) is 0 Å². The normalized spacial score (nSPS) is 10.4. The van der Waals surface area contributed by atoms with Gasteiger partial charge in [0.15, 0.2) is 0 Å². The van der Waals surface area contributed by atoms with E-state index in [4.69, 9.17) is 16.3 Å². The Morgan fingerprint density at radius 2 is 1.96 bits per heavy atom. The summed E-state index contributed by atoms with van der Waals surface area (Å²) in [5.41, 5.74) is 3.04. The van der Waals surface area contributed by atoms with E-state index in [0.29, 0.717) is 11.0 Å². The van der Waals surface area contributed by atoms with E-state index in [1.54, 1.807) is 13.3 Å². The summed E-state index contributed by atoms with van der Waals surface area (Å²) in [5, 5.41) is 7.20. The Morgan fingerprint density at radius 3 is 2.77 bits per heavy atom. The monoisotopic (exact) mass is 368 g/mol. The third kappa shape index (κ3) is 4.64. The highest BCUT2D eigenvalue weighted by Gasteiger charge is 2.04. The van der Waals surface area contributed by atoms with Crippen LogP contribution in [0.2, 0.25) is 5.02 Å². The molecule has 0 saturated heterocycles. The smallest absolute Gasteiger partial charge is 0.229 e. The Balaban J connectivity index is 1.61. The molecular formula is C20H21ClN4O. The molecule has 134 valence electrons. The Bertz CT molecular complexity index is 885. The zero-order valence-electron chi connectivity index (χ0n) is 14.8. The molecule has 0 unspecified atom stereocenters. The van der Waals surface area contributed by atoms with Gasteiger partial charge in [0, 0.05) is 23.5 Å². The molecule has 0 fully saturated rings. The lowest BCUT2D eigenvalue weighted by molar-refractivity contribution is 0.410. The molecule has 0 radical (unpaired) electrons. The van der Waals surface area contributed by atoms with Crippen LogP contribution in [0.25, 0.3) is 0 Å². The molecule has 1 aromatic heterocycles. The number of ether oxygens (including phenoxy) is 1. The summed E-state index contributed by atoms with van der Waals surface area (Å²) in [5.74, 6) is 2.18. The van der Waals surface area contributed by atoms with Crippen molar-refractivity contribution in [3.63, 3.8) is 0 Å². The van der Waals surface area contributed by atoms with E-state index in [-0.39, 0.29) is 0 Å². The number of aromatic nitrogens is 2. The summed E-state index contributed by atoms with van der Waals surface area (Å²) in [6, 6.07) is 15.6. The molecule has 0 aliphatic carbocycles. The van der Waals surface area contributed by atoms with Crippen molar-refractivity contribution in [1.29, 1.82) is 0 Å². The second-order valence-electron chi connectivity index (χ2n) is 5.84. The van der Waals surface area contributed by atoms with Gasteiger partial charge in [0.1, 0.15) is 11.6 Å². The molecule has 0 atom stereocenters. The lowest BCUT2D eigenvalue weighted by Gasteiger charge is -2.11. The number of rotatable bonds is 7. The van der Waals surface area contributed by atoms with Gasteiger partial charge in [0.2, 0.25) is 5.95 Å². The molecule has 26 heavy (non-hydrogen) atoms. The van der Waals surface area contributed by atoms with Crippen molar-refractivity contribution in [3.8, 4) is 5.75 Å². The van der Waals surface area contributed by atoms with Gasteiger partial charge < -0.3 is 15.4 Å². The zero-order valence-corrected chi connectivity index (χ0v) is 15.5. The molecule has 3 aromatic rings. The van der Waals surface area contributed by atoms with Gasteiger partial charge in [-0.1, -0.05) is 35.9 Å². The summed E-state index contributed by atoms with van der Waals surface area (Å²) in [6.07, 6.45) is 2.56. The van der Waals surface area contributed by atoms with Crippen molar-refractivity contribution >= 4 is 29.1 Å². The predicted octanol–water partition coefficient (Wildman–Crippen LogP) is 4.85. The maximum absolute atomic E-state index is 6.16. The Hall–Kier alpha value is -2.79. The lowest BCUT2D eigenvalue weighted by Crippen LogP contribution is -2.08. The number of hydrogen-bond donors (Lipinski definition) is 2. The topological polar surface area (TPSA) is 59.1 Å². The predicted molar refractivity (Wildman–Crippen MR) is 107 cm³/mol. The van der Waals surface area contributed by atoms with Crippen LogP contribution in [0.15, 0.2) is 54.7 Å². The minimum Gasteiger partial charge on any atom is -0.496 e. The highest BCUT2D eigenvalue weighted by molar-refractivity contribution is 6.31. The Labute approximate surface area is 158 Å². The van der Waals surface area contributed by atoms with Crippen LogP contribution in [0.1, 0.15) is 11.1 Å². The van der Waals surface area contributed by atoms with Gasteiger partial charge in [0.05, 0.1) is 7.11 Å². The van der Waals surface area contributed by atoms with Gasteiger partial charge in [0.25, 0.3) is 0 Å². The highest BCUT2D eigenvalue weighted by Crippen LogP contribution is 2.22. The largest absolute Gasteiger partial charge is 0.496 e. The SMILES string of the molecule is COc1ccccc1CCNc1ccnc(Nc2ccc(C)c(Cl)c2)n1. The maximum atomic E-state index is 6.16. The minimum atomic E-state index is 0.521. The third-order valence-electron chi connectivity index (χ3n) is 3.98. The second-order valence-corrected chi connectivity index (χ2v) is 6.25. The molecule has 0 aliphatic rings. The van der Waals surface area contributed by atoms with Crippen LogP contribution in [-0.2, 0) is 6.42 Å². The van der Waals surface area contributed by atoms with Crippen LogP contribution in [-0.4, -0.2) is 23.6 Å². The van der Waals surface area contributed by atoms with Crippen molar-refractivity contribution in [3.05, 3.63) is 70.9 Å². The van der Waals surface area contributed by atoms with Crippen molar-refractivity contribution in [2.75, 3.05) is 24.3 Å². The molecule has 0 saturated carbocycles. The van der Waals surface area contributed by atoms with E-state index in [1.165, 1.54) is 0 Å². The number of hydrogen-bond acceptors (Lipinski definition) is 5. The number of methoxy groups -OCH3 is 1. The van der Waals surface area contributed by atoms with E-state index in [9.17, 15) is 0 Å². The van der Waals surface area contributed by atoms with Crippen molar-refractivity contribution < 1.29 is 4.74 Å². The maximum Gasteiger partial charge on any atom is 0.229 e. The fourth-order valence-electron chi connectivity index (χ4n) is 2.55. The zero-order chi connectivity index (χ0) is 18.4. The number of para-hydroxylation sites is 1. The number of halogens is 1. The summed E-state index contributed by atoms with van der Waals surface area (Å²) in [4.78, 5) is 8.74. The fourth-order valence-corrected chi connectivity index (χ4v) is 2.73. The standard InChI is InChI=1S/C20H21ClN4O/c1-14-7-8-16(13-17(14)21)24-20-23-12-10-19(25-20)22-11-9-15-5-3-4-6-18(15)26-2/h3-8,10,12-13H,9,11H2,1-2H3,(H2,22,23,24,25). The molecule has 2 N–H and O–H groups in total.